The summed E-state index contributed by atoms with van der Waals surface area (Å²) in [5.74, 6) is 2.45. The van der Waals surface area contributed by atoms with E-state index in [0.29, 0.717) is 24.0 Å². The average Bonchev–Trinajstić information content (AvgIpc) is 3.60. The second kappa shape index (κ2) is 10.1. The Morgan fingerprint density at radius 2 is 1.94 bits per heavy atom. The van der Waals surface area contributed by atoms with Crippen LogP contribution in [0.2, 0.25) is 0 Å². The molecule has 0 atom stereocenters. The number of nitrogens with zero attached hydrogens (tertiary/aromatic N) is 6. The third-order valence-corrected chi connectivity index (χ3v) is 6.65. The van der Waals surface area contributed by atoms with E-state index < -0.39 is 0 Å². The minimum absolute atomic E-state index is 0.0621. The molecule has 0 aliphatic heterocycles. The zero-order valence-electron chi connectivity index (χ0n) is 18.8. The number of benzene rings is 2. The zero-order valence-corrected chi connectivity index (χ0v) is 19.6. The maximum absolute atomic E-state index is 9.47. The molecular weight excluding hydrogens is 450 g/mol. The van der Waals surface area contributed by atoms with Gasteiger partial charge in [-0.05, 0) is 34.5 Å². The molecule has 0 unspecified atom stereocenters. The lowest BCUT2D eigenvalue weighted by Crippen LogP contribution is -2.05. The summed E-state index contributed by atoms with van der Waals surface area (Å²) in [4.78, 5) is 10.2. The van der Waals surface area contributed by atoms with Gasteiger partial charge in [-0.1, -0.05) is 61.1 Å². The van der Waals surface area contributed by atoms with Gasteiger partial charge >= 0.3 is 0 Å². The highest BCUT2D eigenvalue weighted by atomic mass is 32.1. The van der Waals surface area contributed by atoms with Crippen molar-refractivity contribution < 1.29 is 9.84 Å². The number of aromatic nitrogens is 7. The standard InChI is InChI=1S/C24H25N7O2S/c1-2-3-8-20-25-23-24(34-21(14-32)26-23)31(20)13-16-9-11-18(12-10-16)33-15-17-6-4-5-7-19(17)22-27-29-30-28-22/h4-7,9-12,32H,2-3,8,13-15H2,1H3,(H,27,28,29,30). The van der Waals surface area contributed by atoms with Gasteiger partial charge in [0, 0.05) is 17.5 Å². The van der Waals surface area contributed by atoms with Gasteiger partial charge in [0.1, 0.15) is 28.0 Å². The Kier molecular flexibility index (Phi) is 6.59. The van der Waals surface area contributed by atoms with Gasteiger partial charge in [-0.3, -0.25) is 0 Å². The Morgan fingerprint density at radius 3 is 2.71 bits per heavy atom. The largest absolute Gasteiger partial charge is 0.489 e. The van der Waals surface area contributed by atoms with E-state index in [9.17, 15) is 5.11 Å². The summed E-state index contributed by atoms with van der Waals surface area (Å²) in [6.07, 6.45) is 3.10. The molecule has 0 fully saturated rings. The van der Waals surface area contributed by atoms with Crippen LogP contribution in [0.15, 0.2) is 48.5 Å². The average molecular weight is 476 g/mol. The number of rotatable bonds is 10. The Balaban J connectivity index is 1.31. The molecule has 0 amide bonds. The number of aliphatic hydroxyl groups is 1. The zero-order chi connectivity index (χ0) is 23.3. The Labute approximate surface area is 200 Å². The van der Waals surface area contributed by atoms with E-state index in [1.54, 1.807) is 0 Å². The molecule has 2 N–H and O–H groups in total. The summed E-state index contributed by atoms with van der Waals surface area (Å²) in [6.45, 7) is 3.22. The first kappa shape index (κ1) is 22.2. The predicted octanol–water partition coefficient (Wildman–Crippen LogP) is 4.14. The first-order valence-electron chi connectivity index (χ1n) is 11.2. The number of ether oxygens (including phenoxy) is 1. The fourth-order valence-electron chi connectivity index (χ4n) is 3.84. The fourth-order valence-corrected chi connectivity index (χ4v) is 4.72. The molecule has 3 aromatic heterocycles. The molecule has 0 spiro atoms. The summed E-state index contributed by atoms with van der Waals surface area (Å²) in [7, 11) is 0. The highest BCUT2D eigenvalue weighted by molar-refractivity contribution is 7.18. The molecule has 0 saturated carbocycles. The normalized spacial score (nSPS) is 11.4. The minimum atomic E-state index is -0.0621. The maximum Gasteiger partial charge on any atom is 0.189 e. The molecule has 9 nitrogen and oxygen atoms in total. The van der Waals surface area contributed by atoms with Crippen molar-refractivity contribution in [1.82, 2.24) is 35.2 Å². The van der Waals surface area contributed by atoms with Crippen molar-refractivity contribution in [2.24, 2.45) is 0 Å². The summed E-state index contributed by atoms with van der Waals surface area (Å²) >= 11 is 1.50. The number of fused-ring (bicyclic) bond motifs is 1. The second-order valence-corrected chi connectivity index (χ2v) is 9.01. The van der Waals surface area contributed by atoms with Gasteiger partial charge in [-0.15, -0.1) is 5.10 Å². The van der Waals surface area contributed by atoms with Crippen LogP contribution in [0.4, 0.5) is 0 Å². The van der Waals surface area contributed by atoms with Crippen molar-refractivity contribution >= 4 is 21.8 Å². The van der Waals surface area contributed by atoms with Crippen molar-refractivity contribution in [3.63, 3.8) is 0 Å². The molecule has 2 aromatic carbocycles. The van der Waals surface area contributed by atoms with Crippen molar-refractivity contribution in [2.75, 3.05) is 0 Å². The Bertz CT molecular complexity index is 1360. The van der Waals surface area contributed by atoms with Crippen molar-refractivity contribution in [3.05, 3.63) is 70.5 Å². The number of imidazole rings is 1. The van der Waals surface area contributed by atoms with Crippen LogP contribution in [0.25, 0.3) is 21.9 Å². The van der Waals surface area contributed by atoms with Crippen LogP contribution in [0, 0.1) is 0 Å². The molecule has 5 rings (SSSR count). The maximum atomic E-state index is 9.47. The highest BCUT2D eigenvalue weighted by Crippen LogP contribution is 2.26. The molecule has 174 valence electrons. The van der Waals surface area contributed by atoms with Gasteiger partial charge in [0.15, 0.2) is 11.5 Å². The highest BCUT2D eigenvalue weighted by Gasteiger charge is 2.16. The van der Waals surface area contributed by atoms with Gasteiger partial charge in [0.05, 0.1) is 13.2 Å². The van der Waals surface area contributed by atoms with E-state index in [4.69, 9.17) is 9.72 Å². The van der Waals surface area contributed by atoms with E-state index in [0.717, 1.165) is 58.0 Å². The number of hydrogen-bond donors (Lipinski definition) is 2. The van der Waals surface area contributed by atoms with Crippen LogP contribution in [0.5, 0.6) is 5.75 Å². The number of tetrazole rings is 1. The topological polar surface area (TPSA) is 115 Å². The smallest absolute Gasteiger partial charge is 0.189 e. The lowest BCUT2D eigenvalue weighted by molar-refractivity contribution is 0.281. The molecule has 0 radical (unpaired) electrons. The van der Waals surface area contributed by atoms with E-state index in [1.165, 1.54) is 11.3 Å². The second-order valence-electron chi connectivity index (χ2n) is 7.95. The number of aromatic amines is 1. The molecule has 0 bridgehead atoms. The monoisotopic (exact) mass is 475 g/mol. The SMILES string of the molecule is CCCCc1nc2nc(CO)sc2n1Cc1ccc(OCc2ccccc2-c2nnn[nH]2)cc1. The molecule has 5 aromatic rings. The van der Waals surface area contributed by atoms with Crippen molar-refractivity contribution in [1.29, 1.82) is 0 Å². The van der Waals surface area contributed by atoms with E-state index >= 15 is 0 Å². The van der Waals surface area contributed by atoms with Gasteiger partial charge < -0.3 is 14.4 Å². The van der Waals surface area contributed by atoms with Crippen molar-refractivity contribution in [2.45, 2.75) is 45.9 Å². The lowest BCUT2D eigenvalue weighted by atomic mass is 10.1. The number of H-pyrrole nitrogens is 1. The van der Waals surface area contributed by atoms with Crippen LogP contribution in [-0.2, 0) is 26.2 Å². The molecule has 3 heterocycles. The molecule has 10 heteroatoms. The fraction of sp³-hybridized carbons (Fsp3) is 0.292. The molecule has 0 aliphatic carbocycles. The minimum Gasteiger partial charge on any atom is -0.489 e. The summed E-state index contributed by atoms with van der Waals surface area (Å²) < 4.78 is 8.27. The number of nitrogens with one attached hydrogen (secondary N) is 1. The van der Waals surface area contributed by atoms with Crippen molar-refractivity contribution in [3.8, 4) is 17.1 Å². The summed E-state index contributed by atoms with van der Waals surface area (Å²) in [5, 5.41) is 24.3. The van der Waals surface area contributed by atoms with E-state index in [2.05, 4.69) is 49.2 Å². The van der Waals surface area contributed by atoms with E-state index in [-0.39, 0.29) is 6.61 Å². The van der Waals surface area contributed by atoms with Crippen LogP contribution in [0.1, 0.15) is 41.7 Å². The summed E-state index contributed by atoms with van der Waals surface area (Å²) in [6, 6.07) is 16.0. The van der Waals surface area contributed by atoms with Gasteiger partial charge in [0.2, 0.25) is 0 Å². The Hall–Kier alpha value is -3.63. The molecule has 0 saturated heterocycles. The van der Waals surface area contributed by atoms with Gasteiger partial charge in [0.25, 0.3) is 0 Å². The molecular formula is C24H25N7O2S. The van der Waals surface area contributed by atoms with Crippen LogP contribution in [0.3, 0.4) is 0 Å². The quantitative estimate of drug-likeness (QED) is 0.312. The first-order valence-corrected chi connectivity index (χ1v) is 12.1. The third kappa shape index (κ3) is 4.68. The van der Waals surface area contributed by atoms with E-state index in [1.807, 2.05) is 36.4 Å². The first-order chi connectivity index (χ1) is 16.7. The van der Waals surface area contributed by atoms with Gasteiger partial charge in [-0.2, -0.15) is 0 Å². The van der Waals surface area contributed by atoms with Crippen LogP contribution in [-0.4, -0.2) is 40.3 Å². The number of thiazole rings is 1. The number of hydrogen-bond acceptors (Lipinski definition) is 8. The number of aryl methyl sites for hydroxylation is 1. The van der Waals surface area contributed by atoms with Crippen LogP contribution >= 0.6 is 11.3 Å². The van der Waals surface area contributed by atoms with Gasteiger partial charge in [-0.25, -0.2) is 15.1 Å². The Morgan fingerprint density at radius 1 is 1.09 bits per heavy atom. The number of aliphatic hydroxyl groups excluding tert-OH is 1. The van der Waals surface area contributed by atoms with Crippen LogP contribution < -0.4 is 4.74 Å². The summed E-state index contributed by atoms with van der Waals surface area (Å²) in [5.41, 5.74) is 3.79. The lowest BCUT2D eigenvalue weighted by Gasteiger charge is -2.11. The molecule has 34 heavy (non-hydrogen) atoms. The third-order valence-electron chi connectivity index (χ3n) is 5.59. The number of unbranched alkanes of at least 4 members (excludes halogenated alkanes) is 1. The predicted molar refractivity (Wildman–Crippen MR) is 129 cm³/mol. The molecule has 0 aliphatic rings.